The molecular weight excluding hydrogens is 268 g/mol. The summed E-state index contributed by atoms with van der Waals surface area (Å²) < 4.78 is 10.6. The normalized spacial score (nSPS) is 14.2. The van der Waals surface area contributed by atoms with Crippen molar-refractivity contribution in [3.05, 3.63) is 12.1 Å². The monoisotopic (exact) mass is 288 g/mol. The van der Waals surface area contributed by atoms with E-state index in [2.05, 4.69) is 15.3 Å². The molecule has 0 bridgehead atoms. The number of fused-ring (bicyclic) bond motifs is 1. The molecule has 0 amide bonds. The second-order valence-corrected chi connectivity index (χ2v) is 5.32. The molecule has 0 atom stereocenters. The van der Waals surface area contributed by atoms with Gasteiger partial charge in [0.15, 0.2) is 11.5 Å². The first-order chi connectivity index (χ1) is 10.2. The summed E-state index contributed by atoms with van der Waals surface area (Å²) in [5.41, 5.74) is 6.77. The lowest BCUT2D eigenvalue weighted by Crippen LogP contribution is -2.08. The highest BCUT2D eigenvalue weighted by molar-refractivity contribution is 5.91. The first-order valence-electron chi connectivity index (χ1n) is 7.14. The Bertz CT molecular complexity index is 656. The van der Waals surface area contributed by atoms with Crippen molar-refractivity contribution in [1.82, 2.24) is 9.97 Å². The molecule has 3 rings (SSSR count). The maximum absolute atomic E-state index is 6.03. The number of rotatable bonds is 6. The van der Waals surface area contributed by atoms with Crippen molar-refractivity contribution in [2.24, 2.45) is 5.92 Å². The van der Waals surface area contributed by atoms with Gasteiger partial charge in [-0.2, -0.15) is 4.98 Å². The highest BCUT2D eigenvalue weighted by Crippen LogP contribution is 2.34. The van der Waals surface area contributed by atoms with Crippen LogP contribution in [0, 0.1) is 5.92 Å². The minimum Gasteiger partial charge on any atom is -0.493 e. The molecule has 1 saturated carbocycles. The largest absolute Gasteiger partial charge is 0.493 e. The van der Waals surface area contributed by atoms with Crippen LogP contribution in [0.4, 0.5) is 11.8 Å². The van der Waals surface area contributed by atoms with Gasteiger partial charge in [0, 0.05) is 18.0 Å². The van der Waals surface area contributed by atoms with Crippen LogP contribution in [0.3, 0.4) is 0 Å². The Labute approximate surface area is 123 Å². The van der Waals surface area contributed by atoms with Crippen molar-refractivity contribution in [2.75, 3.05) is 31.8 Å². The molecule has 1 heterocycles. The van der Waals surface area contributed by atoms with Crippen LogP contribution in [0.1, 0.15) is 19.3 Å². The van der Waals surface area contributed by atoms with Crippen molar-refractivity contribution in [1.29, 1.82) is 0 Å². The summed E-state index contributed by atoms with van der Waals surface area (Å²) in [4.78, 5) is 8.81. The van der Waals surface area contributed by atoms with Crippen LogP contribution in [0.25, 0.3) is 10.9 Å². The number of aromatic nitrogens is 2. The van der Waals surface area contributed by atoms with Crippen molar-refractivity contribution in [2.45, 2.75) is 19.3 Å². The maximum Gasteiger partial charge on any atom is 0.225 e. The number of ether oxygens (including phenoxy) is 2. The molecular formula is C15H20N4O2. The van der Waals surface area contributed by atoms with Gasteiger partial charge in [-0.25, -0.2) is 4.98 Å². The average molecular weight is 288 g/mol. The van der Waals surface area contributed by atoms with Gasteiger partial charge in [-0.15, -0.1) is 0 Å². The Morgan fingerprint density at radius 3 is 2.57 bits per heavy atom. The third-order valence-electron chi connectivity index (χ3n) is 3.76. The van der Waals surface area contributed by atoms with Crippen LogP contribution in [-0.2, 0) is 0 Å². The van der Waals surface area contributed by atoms with Gasteiger partial charge in [0.1, 0.15) is 5.82 Å². The van der Waals surface area contributed by atoms with Crippen LogP contribution in [0.2, 0.25) is 0 Å². The van der Waals surface area contributed by atoms with Crippen LogP contribution in [0.5, 0.6) is 11.5 Å². The highest BCUT2D eigenvalue weighted by Gasteiger charge is 2.20. The van der Waals surface area contributed by atoms with Gasteiger partial charge in [0.05, 0.1) is 19.7 Å². The zero-order chi connectivity index (χ0) is 14.8. The number of hydrogen-bond donors (Lipinski definition) is 2. The number of methoxy groups -OCH3 is 2. The fraction of sp³-hybridized carbons (Fsp3) is 0.467. The smallest absolute Gasteiger partial charge is 0.225 e. The molecule has 21 heavy (non-hydrogen) atoms. The second kappa shape index (κ2) is 5.63. The minimum absolute atomic E-state index is 0.440. The Morgan fingerprint density at radius 2 is 1.90 bits per heavy atom. The van der Waals surface area contributed by atoms with E-state index in [1.54, 1.807) is 20.3 Å². The molecule has 0 aliphatic heterocycles. The van der Waals surface area contributed by atoms with Crippen molar-refractivity contribution in [3.8, 4) is 11.5 Å². The summed E-state index contributed by atoms with van der Waals surface area (Å²) in [6, 6.07) is 3.62. The lowest BCUT2D eigenvalue weighted by Gasteiger charge is -2.11. The Hall–Kier alpha value is -2.24. The Morgan fingerprint density at radius 1 is 1.19 bits per heavy atom. The summed E-state index contributed by atoms with van der Waals surface area (Å²) in [6.07, 6.45) is 3.85. The zero-order valence-corrected chi connectivity index (χ0v) is 12.3. The van der Waals surface area contributed by atoms with E-state index in [1.807, 2.05) is 6.07 Å². The molecule has 2 aromatic rings. The third kappa shape index (κ3) is 2.94. The van der Waals surface area contributed by atoms with Gasteiger partial charge in [0.25, 0.3) is 0 Å². The average Bonchev–Trinajstić information content (AvgIpc) is 3.30. The second-order valence-electron chi connectivity index (χ2n) is 5.32. The van der Waals surface area contributed by atoms with E-state index in [0.29, 0.717) is 23.3 Å². The van der Waals surface area contributed by atoms with E-state index >= 15 is 0 Å². The van der Waals surface area contributed by atoms with E-state index in [1.165, 1.54) is 12.8 Å². The van der Waals surface area contributed by atoms with E-state index < -0.39 is 0 Å². The molecule has 1 aromatic heterocycles. The summed E-state index contributed by atoms with van der Waals surface area (Å²) in [5, 5.41) is 4.00. The highest BCUT2D eigenvalue weighted by atomic mass is 16.5. The standard InChI is InChI=1S/C15H20N4O2/c1-20-12-7-10-11(8-13(12)21-2)18-15(19-14(10)16)17-6-5-9-3-4-9/h7-9H,3-6H2,1-2H3,(H3,16,17,18,19). The SMILES string of the molecule is COc1cc2nc(NCCC3CC3)nc(N)c2cc1OC. The number of nitrogen functional groups attached to an aromatic ring is 1. The number of anilines is 2. The topological polar surface area (TPSA) is 82.3 Å². The summed E-state index contributed by atoms with van der Waals surface area (Å²) in [6.45, 7) is 0.878. The Kier molecular flexibility index (Phi) is 3.68. The van der Waals surface area contributed by atoms with Crippen molar-refractivity contribution >= 4 is 22.7 Å². The Balaban J connectivity index is 1.89. The van der Waals surface area contributed by atoms with Crippen molar-refractivity contribution in [3.63, 3.8) is 0 Å². The van der Waals surface area contributed by atoms with Gasteiger partial charge >= 0.3 is 0 Å². The molecule has 0 radical (unpaired) electrons. The molecule has 1 fully saturated rings. The quantitative estimate of drug-likeness (QED) is 0.849. The predicted octanol–water partition coefficient (Wildman–Crippen LogP) is 2.44. The minimum atomic E-state index is 0.440. The summed E-state index contributed by atoms with van der Waals surface area (Å²) >= 11 is 0. The number of nitrogens with one attached hydrogen (secondary N) is 1. The lowest BCUT2D eigenvalue weighted by atomic mass is 10.2. The van der Waals surface area contributed by atoms with Gasteiger partial charge < -0.3 is 20.5 Å². The summed E-state index contributed by atoms with van der Waals surface area (Å²) in [5.74, 6) is 3.13. The molecule has 1 aliphatic rings. The predicted molar refractivity (Wildman–Crippen MR) is 82.9 cm³/mol. The molecule has 1 aromatic carbocycles. The maximum atomic E-state index is 6.03. The van der Waals surface area contributed by atoms with E-state index in [9.17, 15) is 0 Å². The fourth-order valence-corrected chi connectivity index (χ4v) is 2.35. The first-order valence-corrected chi connectivity index (χ1v) is 7.14. The van der Waals surface area contributed by atoms with E-state index in [0.717, 1.165) is 29.8 Å². The number of benzene rings is 1. The van der Waals surface area contributed by atoms with Gasteiger partial charge in [-0.3, -0.25) is 0 Å². The van der Waals surface area contributed by atoms with Crippen molar-refractivity contribution < 1.29 is 9.47 Å². The molecule has 6 heteroatoms. The molecule has 1 aliphatic carbocycles. The van der Waals surface area contributed by atoms with Crippen LogP contribution >= 0.6 is 0 Å². The summed E-state index contributed by atoms with van der Waals surface area (Å²) in [7, 11) is 3.19. The van der Waals surface area contributed by atoms with E-state index in [-0.39, 0.29) is 0 Å². The molecule has 3 N–H and O–H groups in total. The third-order valence-corrected chi connectivity index (χ3v) is 3.76. The fourth-order valence-electron chi connectivity index (χ4n) is 2.35. The van der Waals surface area contributed by atoms with Crippen LogP contribution in [-0.4, -0.2) is 30.7 Å². The van der Waals surface area contributed by atoms with E-state index in [4.69, 9.17) is 15.2 Å². The zero-order valence-electron chi connectivity index (χ0n) is 12.3. The van der Waals surface area contributed by atoms with Gasteiger partial charge in [-0.1, -0.05) is 12.8 Å². The molecule has 6 nitrogen and oxygen atoms in total. The molecule has 0 spiro atoms. The first kappa shape index (κ1) is 13.7. The molecule has 112 valence electrons. The number of nitrogens with two attached hydrogens (primary N) is 1. The van der Waals surface area contributed by atoms with Gasteiger partial charge in [0.2, 0.25) is 5.95 Å². The lowest BCUT2D eigenvalue weighted by molar-refractivity contribution is 0.356. The van der Waals surface area contributed by atoms with Crippen LogP contribution < -0.4 is 20.5 Å². The number of nitrogens with zero attached hydrogens (tertiary/aromatic N) is 2. The van der Waals surface area contributed by atoms with Crippen LogP contribution in [0.15, 0.2) is 12.1 Å². The number of hydrogen-bond acceptors (Lipinski definition) is 6. The molecule has 0 unspecified atom stereocenters. The molecule has 0 saturated heterocycles. The van der Waals surface area contributed by atoms with Gasteiger partial charge in [-0.05, 0) is 18.4 Å².